The number of rotatable bonds is 6. The SMILES string of the molecule is COCCn1cc(NC(=O)NC[C@H]2CCCC[C@@H]2O)cn1. The van der Waals surface area contributed by atoms with Crippen LogP contribution in [0.1, 0.15) is 25.7 Å². The number of aliphatic hydroxyl groups excluding tert-OH is 1. The molecule has 1 aliphatic rings. The van der Waals surface area contributed by atoms with Gasteiger partial charge in [-0.2, -0.15) is 5.10 Å². The Bertz CT molecular complexity index is 449. The summed E-state index contributed by atoms with van der Waals surface area (Å²) < 4.78 is 6.68. The number of ether oxygens (including phenoxy) is 1. The molecule has 0 unspecified atom stereocenters. The van der Waals surface area contributed by atoms with Crippen molar-refractivity contribution in [1.82, 2.24) is 15.1 Å². The minimum Gasteiger partial charge on any atom is -0.393 e. The topological polar surface area (TPSA) is 88.4 Å². The van der Waals surface area contributed by atoms with Crippen LogP contribution in [-0.4, -0.2) is 47.3 Å². The van der Waals surface area contributed by atoms with E-state index in [1.807, 2.05) is 0 Å². The number of aliphatic hydroxyl groups is 1. The van der Waals surface area contributed by atoms with E-state index in [4.69, 9.17) is 4.74 Å². The number of amides is 2. The monoisotopic (exact) mass is 296 g/mol. The van der Waals surface area contributed by atoms with Crippen molar-refractivity contribution in [2.75, 3.05) is 25.6 Å². The predicted molar refractivity (Wildman–Crippen MR) is 79.1 cm³/mol. The van der Waals surface area contributed by atoms with Crippen molar-refractivity contribution in [2.45, 2.75) is 38.3 Å². The normalized spacial score (nSPS) is 22.0. The van der Waals surface area contributed by atoms with E-state index in [9.17, 15) is 9.90 Å². The van der Waals surface area contributed by atoms with E-state index in [0.29, 0.717) is 25.4 Å². The third kappa shape index (κ3) is 5.02. The summed E-state index contributed by atoms with van der Waals surface area (Å²) >= 11 is 0. The van der Waals surface area contributed by atoms with Crippen molar-refractivity contribution in [3.63, 3.8) is 0 Å². The van der Waals surface area contributed by atoms with Gasteiger partial charge in [-0.1, -0.05) is 12.8 Å². The molecule has 7 heteroatoms. The van der Waals surface area contributed by atoms with Crippen LogP contribution in [0.2, 0.25) is 0 Å². The zero-order valence-electron chi connectivity index (χ0n) is 12.4. The number of hydrogen-bond acceptors (Lipinski definition) is 4. The van der Waals surface area contributed by atoms with Gasteiger partial charge in [-0.05, 0) is 12.8 Å². The Labute approximate surface area is 124 Å². The molecule has 2 rings (SSSR count). The van der Waals surface area contributed by atoms with Gasteiger partial charge in [0, 0.05) is 25.8 Å². The van der Waals surface area contributed by atoms with Crippen LogP contribution in [0.5, 0.6) is 0 Å². The first-order chi connectivity index (χ1) is 10.2. The number of anilines is 1. The van der Waals surface area contributed by atoms with Crippen LogP contribution in [-0.2, 0) is 11.3 Å². The molecule has 1 fully saturated rings. The first-order valence-corrected chi connectivity index (χ1v) is 7.43. The van der Waals surface area contributed by atoms with Crippen molar-refractivity contribution in [2.24, 2.45) is 5.92 Å². The molecule has 3 N–H and O–H groups in total. The molecule has 2 amide bonds. The zero-order chi connectivity index (χ0) is 15.1. The second-order valence-electron chi connectivity index (χ2n) is 5.43. The lowest BCUT2D eigenvalue weighted by Crippen LogP contribution is -2.38. The molecule has 1 aromatic rings. The predicted octanol–water partition coefficient (Wildman–Crippen LogP) is 1.20. The molecule has 0 aliphatic heterocycles. The molecular formula is C14H24N4O3. The van der Waals surface area contributed by atoms with Gasteiger partial charge in [0.2, 0.25) is 0 Å². The maximum absolute atomic E-state index is 11.8. The second-order valence-corrected chi connectivity index (χ2v) is 5.43. The quantitative estimate of drug-likeness (QED) is 0.736. The van der Waals surface area contributed by atoms with Crippen LogP contribution >= 0.6 is 0 Å². The number of methoxy groups -OCH3 is 1. The molecular weight excluding hydrogens is 272 g/mol. The van der Waals surface area contributed by atoms with Gasteiger partial charge in [0.1, 0.15) is 0 Å². The van der Waals surface area contributed by atoms with Gasteiger partial charge in [-0.15, -0.1) is 0 Å². The molecule has 7 nitrogen and oxygen atoms in total. The standard InChI is InChI=1S/C14H24N4O3/c1-21-7-6-18-10-12(9-16-18)17-14(20)15-8-11-4-2-3-5-13(11)19/h9-11,13,19H,2-8H2,1H3,(H2,15,17,20)/t11-,13+/m1/s1. The highest BCUT2D eigenvalue weighted by Crippen LogP contribution is 2.23. The van der Waals surface area contributed by atoms with E-state index in [1.54, 1.807) is 24.2 Å². The molecule has 1 aliphatic carbocycles. The van der Waals surface area contributed by atoms with E-state index >= 15 is 0 Å². The Morgan fingerprint density at radius 3 is 3.10 bits per heavy atom. The summed E-state index contributed by atoms with van der Waals surface area (Å²) in [5, 5.41) is 19.5. The van der Waals surface area contributed by atoms with E-state index in [0.717, 1.165) is 25.7 Å². The summed E-state index contributed by atoms with van der Waals surface area (Å²) in [5.41, 5.74) is 0.646. The number of carbonyl (C=O) groups is 1. The van der Waals surface area contributed by atoms with Crippen LogP contribution in [0, 0.1) is 5.92 Å². The van der Waals surface area contributed by atoms with Gasteiger partial charge in [0.05, 0.1) is 31.1 Å². The number of aromatic nitrogens is 2. The first kappa shape index (κ1) is 15.8. The Morgan fingerprint density at radius 1 is 1.52 bits per heavy atom. The fraction of sp³-hybridized carbons (Fsp3) is 0.714. The molecule has 0 saturated heterocycles. The summed E-state index contributed by atoms with van der Waals surface area (Å²) in [7, 11) is 1.63. The van der Waals surface area contributed by atoms with Crippen LogP contribution in [0.3, 0.4) is 0 Å². The van der Waals surface area contributed by atoms with E-state index in [2.05, 4.69) is 15.7 Å². The highest BCUT2D eigenvalue weighted by molar-refractivity contribution is 5.88. The Morgan fingerprint density at radius 2 is 2.33 bits per heavy atom. The third-order valence-electron chi connectivity index (χ3n) is 3.81. The zero-order valence-corrected chi connectivity index (χ0v) is 12.4. The largest absolute Gasteiger partial charge is 0.393 e. The van der Waals surface area contributed by atoms with Gasteiger partial charge in [-0.3, -0.25) is 4.68 Å². The lowest BCUT2D eigenvalue weighted by atomic mass is 9.86. The van der Waals surface area contributed by atoms with Crippen LogP contribution in [0.4, 0.5) is 10.5 Å². The summed E-state index contributed by atoms with van der Waals surface area (Å²) in [6, 6.07) is -0.265. The molecule has 0 aromatic carbocycles. The molecule has 0 radical (unpaired) electrons. The van der Waals surface area contributed by atoms with Gasteiger partial charge in [0.15, 0.2) is 0 Å². The highest BCUT2D eigenvalue weighted by Gasteiger charge is 2.23. The summed E-state index contributed by atoms with van der Waals surface area (Å²) in [4.78, 5) is 11.8. The average molecular weight is 296 g/mol. The van der Waals surface area contributed by atoms with E-state index in [-0.39, 0.29) is 18.1 Å². The molecule has 118 valence electrons. The number of urea groups is 1. The number of nitrogens with zero attached hydrogens (tertiary/aromatic N) is 2. The van der Waals surface area contributed by atoms with Crippen molar-refractivity contribution < 1.29 is 14.6 Å². The van der Waals surface area contributed by atoms with Crippen molar-refractivity contribution >= 4 is 11.7 Å². The molecule has 2 atom stereocenters. The number of carbonyl (C=O) groups excluding carboxylic acids is 1. The summed E-state index contributed by atoms with van der Waals surface area (Å²) in [6.45, 7) is 1.73. The molecule has 1 saturated carbocycles. The Hall–Kier alpha value is -1.60. The maximum atomic E-state index is 11.8. The molecule has 21 heavy (non-hydrogen) atoms. The van der Waals surface area contributed by atoms with Crippen LogP contribution in [0.15, 0.2) is 12.4 Å². The van der Waals surface area contributed by atoms with E-state index < -0.39 is 0 Å². The van der Waals surface area contributed by atoms with Gasteiger partial charge >= 0.3 is 6.03 Å². The minimum atomic E-state index is -0.296. The van der Waals surface area contributed by atoms with Gasteiger partial charge in [-0.25, -0.2) is 4.79 Å². The van der Waals surface area contributed by atoms with Gasteiger partial charge < -0.3 is 20.5 Å². The lowest BCUT2D eigenvalue weighted by molar-refractivity contribution is 0.0712. The van der Waals surface area contributed by atoms with Crippen molar-refractivity contribution in [1.29, 1.82) is 0 Å². The molecule has 0 spiro atoms. The lowest BCUT2D eigenvalue weighted by Gasteiger charge is -2.27. The van der Waals surface area contributed by atoms with Crippen LogP contribution < -0.4 is 10.6 Å². The molecule has 1 aromatic heterocycles. The first-order valence-electron chi connectivity index (χ1n) is 7.43. The third-order valence-corrected chi connectivity index (χ3v) is 3.81. The average Bonchev–Trinajstić information content (AvgIpc) is 2.91. The number of nitrogens with one attached hydrogen (secondary N) is 2. The summed E-state index contributed by atoms with van der Waals surface area (Å²) in [5.74, 6) is 0.161. The Kier molecular flexibility index (Phi) is 6.01. The maximum Gasteiger partial charge on any atom is 0.319 e. The molecule has 0 bridgehead atoms. The van der Waals surface area contributed by atoms with Gasteiger partial charge in [0.25, 0.3) is 0 Å². The fourth-order valence-electron chi connectivity index (χ4n) is 2.56. The minimum absolute atomic E-state index is 0.161. The fourth-order valence-corrected chi connectivity index (χ4v) is 2.56. The van der Waals surface area contributed by atoms with Crippen LogP contribution in [0.25, 0.3) is 0 Å². The van der Waals surface area contributed by atoms with E-state index in [1.165, 1.54) is 0 Å². The second kappa shape index (κ2) is 7.99. The Balaban J connectivity index is 1.72. The highest BCUT2D eigenvalue weighted by atomic mass is 16.5. The number of hydrogen-bond donors (Lipinski definition) is 3. The van der Waals surface area contributed by atoms with Crippen molar-refractivity contribution in [3.8, 4) is 0 Å². The smallest absolute Gasteiger partial charge is 0.319 e. The van der Waals surface area contributed by atoms with Crippen molar-refractivity contribution in [3.05, 3.63) is 12.4 Å². The molecule has 1 heterocycles. The summed E-state index contributed by atoms with van der Waals surface area (Å²) in [6.07, 6.45) is 7.06.